The molecule has 0 radical (unpaired) electrons. The van der Waals surface area contributed by atoms with Crippen LogP contribution >= 0.6 is 11.3 Å². The van der Waals surface area contributed by atoms with E-state index in [0.29, 0.717) is 5.69 Å². The van der Waals surface area contributed by atoms with E-state index < -0.39 is 30.4 Å². The number of amides is 2. The van der Waals surface area contributed by atoms with Crippen molar-refractivity contribution in [3.05, 3.63) is 76.2 Å². The van der Waals surface area contributed by atoms with E-state index in [0.717, 1.165) is 22.3 Å². The third-order valence-electron chi connectivity index (χ3n) is 5.57. The van der Waals surface area contributed by atoms with Crippen LogP contribution in [0.25, 0.3) is 11.1 Å². The van der Waals surface area contributed by atoms with Gasteiger partial charge >= 0.3 is 12.1 Å². The van der Waals surface area contributed by atoms with Crippen molar-refractivity contribution < 1.29 is 24.2 Å². The quantitative estimate of drug-likeness (QED) is 0.527. The number of hydrogen-bond acceptors (Lipinski definition) is 6. The number of nitrogens with zero attached hydrogens (tertiary/aromatic N) is 2. The van der Waals surface area contributed by atoms with Crippen LogP contribution in [-0.2, 0) is 20.9 Å². The van der Waals surface area contributed by atoms with Crippen LogP contribution in [-0.4, -0.2) is 52.7 Å². The molecule has 1 unspecified atom stereocenters. The molecule has 1 heterocycles. The van der Waals surface area contributed by atoms with Crippen LogP contribution in [0.5, 0.6) is 0 Å². The number of aromatic nitrogens is 1. The van der Waals surface area contributed by atoms with Gasteiger partial charge in [0.05, 0.1) is 24.2 Å². The number of carboxylic acids is 1. The van der Waals surface area contributed by atoms with Crippen molar-refractivity contribution in [3.63, 3.8) is 0 Å². The second-order valence-electron chi connectivity index (χ2n) is 7.79. The van der Waals surface area contributed by atoms with Crippen LogP contribution in [0.4, 0.5) is 4.79 Å². The smallest absolute Gasteiger partial charge is 0.407 e. The molecule has 2 amide bonds. The SMILES string of the molecule is CN(Cc1cscn1)C(=O)C(CC(=O)O)NC(=O)OCC1c2ccccc2-c2ccccc21. The Kier molecular flexibility index (Phi) is 6.69. The van der Waals surface area contributed by atoms with Gasteiger partial charge in [-0.05, 0) is 22.3 Å². The number of benzene rings is 2. The summed E-state index contributed by atoms with van der Waals surface area (Å²) < 4.78 is 5.46. The largest absolute Gasteiger partial charge is 0.481 e. The first-order valence-electron chi connectivity index (χ1n) is 10.4. The number of carboxylic acid groups (broad SMARTS) is 1. The molecule has 0 aliphatic heterocycles. The van der Waals surface area contributed by atoms with E-state index in [4.69, 9.17) is 4.74 Å². The van der Waals surface area contributed by atoms with Crippen LogP contribution in [0.2, 0.25) is 0 Å². The molecule has 1 aromatic heterocycles. The number of nitrogens with one attached hydrogen (secondary N) is 1. The lowest BCUT2D eigenvalue weighted by atomic mass is 9.98. The molecule has 0 bridgehead atoms. The third kappa shape index (κ3) is 5.04. The second-order valence-corrected chi connectivity index (χ2v) is 8.51. The van der Waals surface area contributed by atoms with Gasteiger partial charge in [-0.1, -0.05) is 48.5 Å². The summed E-state index contributed by atoms with van der Waals surface area (Å²) in [6, 6.07) is 14.7. The fourth-order valence-electron chi connectivity index (χ4n) is 4.06. The average molecular weight is 466 g/mol. The maximum Gasteiger partial charge on any atom is 0.407 e. The molecule has 33 heavy (non-hydrogen) atoms. The number of carbonyl (C=O) groups is 3. The Balaban J connectivity index is 1.42. The minimum Gasteiger partial charge on any atom is -0.481 e. The first-order chi connectivity index (χ1) is 15.9. The summed E-state index contributed by atoms with van der Waals surface area (Å²) in [4.78, 5) is 42.1. The number of fused-ring (bicyclic) bond motifs is 3. The highest BCUT2D eigenvalue weighted by atomic mass is 32.1. The van der Waals surface area contributed by atoms with Crippen molar-refractivity contribution in [2.45, 2.75) is 24.9 Å². The van der Waals surface area contributed by atoms with Crippen molar-refractivity contribution >= 4 is 29.3 Å². The number of hydrogen-bond donors (Lipinski definition) is 2. The number of rotatable bonds is 8. The van der Waals surface area contributed by atoms with Gasteiger partial charge in [-0.2, -0.15) is 0 Å². The molecule has 2 aromatic carbocycles. The first kappa shape index (κ1) is 22.5. The molecule has 1 aliphatic rings. The van der Waals surface area contributed by atoms with Crippen LogP contribution in [0, 0.1) is 0 Å². The molecule has 0 spiro atoms. The van der Waals surface area contributed by atoms with Crippen molar-refractivity contribution in [1.82, 2.24) is 15.2 Å². The molecule has 0 fully saturated rings. The second kappa shape index (κ2) is 9.83. The highest BCUT2D eigenvalue weighted by Gasteiger charge is 2.31. The molecule has 3 aromatic rings. The van der Waals surface area contributed by atoms with Gasteiger partial charge in [0.15, 0.2) is 0 Å². The van der Waals surface area contributed by atoms with Crippen LogP contribution in [0.15, 0.2) is 59.4 Å². The van der Waals surface area contributed by atoms with Gasteiger partial charge in [0, 0.05) is 18.3 Å². The predicted molar refractivity (Wildman–Crippen MR) is 123 cm³/mol. The lowest BCUT2D eigenvalue weighted by Gasteiger charge is -2.23. The van der Waals surface area contributed by atoms with Crippen molar-refractivity contribution in [2.75, 3.05) is 13.7 Å². The Labute approximate surface area is 194 Å². The van der Waals surface area contributed by atoms with E-state index in [1.54, 1.807) is 10.9 Å². The van der Waals surface area contributed by atoms with Gasteiger partial charge in [0.2, 0.25) is 5.91 Å². The zero-order valence-electron chi connectivity index (χ0n) is 17.9. The number of ether oxygens (including phenoxy) is 1. The summed E-state index contributed by atoms with van der Waals surface area (Å²) in [5, 5.41) is 13.5. The number of thiazole rings is 1. The lowest BCUT2D eigenvalue weighted by molar-refractivity contribution is -0.142. The van der Waals surface area contributed by atoms with E-state index in [1.165, 1.54) is 23.3 Å². The normalized spacial score (nSPS) is 13.0. The summed E-state index contributed by atoms with van der Waals surface area (Å²) in [7, 11) is 1.54. The van der Waals surface area contributed by atoms with E-state index >= 15 is 0 Å². The summed E-state index contributed by atoms with van der Waals surface area (Å²) in [5.41, 5.74) is 6.66. The van der Waals surface area contributed by atoms with E-state index in [1.807, 2.05) is 48.5 Å². The summed E-state index contributed by atoms with van der Waals surface area (Å²) in [5.74, 6) is -1.86. The maximum absolute atomic E-state index is 12.8. The minimum absolute atomic E-state index is 0.0719. The number of alkyl carbamates (subject to hydrolysis) is 1. The number of carbonyl (C=O) groups excluding carboxylic acids is 2. The molecule has 4 rings (SSSR count). The average Bonchev–Trinajstić information content (AvgIpc) is 3.42. The van der Waals surface area contributed by atoms with Gasteiger partial charge in [0.1, 0.15) is 12.6 Å². The Morgan fingerprint density at radius 3 is 2.33 bits per heavy atom. The van der Waals surface area contributed by atoms with Gasteiger partial charge in [-0.15, -0.1) is 11.3 Å². The van der Waals surface area contributed by atoms with Gasteiger partial charge in [-0.25, -0.2) is 9.78 Å². The number of aliphatic carboxylic acids is 1. The summed E-state index contributed by atoms with van der Waals surface area (Å²) in [6.45, 7) is 0.285. The van der Waals surface area contributed by atoms with Crippen LogP contribution in [0.3, 0.4) is 0 Å². The molecule has 170 valence electrons. The predicted octanol–water partition coefficient (Wildman–Crippen LogP) is 3.48. The zero-order chi connectivity index (χ0) is 23.4. The molecule has 8 nitrogen and oxygen atoms in total. The fraction of sp³-hybridized carbons (Fsp3) is 0.250. The summed E-state index contributed by atoms with van der Waals surface area (Å²) in [6.07, 6.45) is -1.39. The fourth-order valence-corrected chi connectivity index (χ4v) is 4.61. The molecule has 2 N–H and O–H groups in total. The van der Waals surface area contributed by atoms with Gasteiger partial charge in [-0.3, -0.25) is 9.59 Å². The molecule has 1 aliphatic carbocycles. The van der Waals surface area contributed by atoms with Crippen LogP contribution in [0.1, 0.15) is 29.2 Å². The lowest BCUT2D eigenvalue weighted by Crippen LogP contribution is -2.48. The summed E-state index contributed by atoms with van der Waals surface area (Å²) >= 11 is 1.40. The van der Waals surface area contributed by atoms with E-state index in [9.17, 15) is 19.5 Å². The standard InChI is InChI=1S/C24H23N3O5S/c1-27(11-15-13-33-14-25-15)23(30)21(10-22(28)29)26-24(31)32-12-20-18-8-4-2-6-16(18)17-7-3-5-9-19(17)20/h2-9,13-14,20-21H,10-12H2,1H3,(H,26,31)(H,28,29). The van der Waals surface area contributed by atoms with Crippen molar-refractivity contribution in [2.24, 2.45) is 0 Å². The first-order valence-corrected chi connectivity index (χ1v) is 11.3. The Hall–Kier alpha value is -3.72. The topological polar surface area (TPSA) is 109 Å². The Morgan fingerprint density at radius 2 is 1.76 bits per heavy atom. The van der Waals surface area contributed by atoms with Crippen LogP contribution < -0.4 is 5.32 Å². The van der Waals surface area contributed by atoms with Crippen molar-refractivity contribution in [1.29, 1.82) is 0 Å². The zero-order valence-corrected chi connectivity index (χ0v) is 18.7. The maximum atomic E-state index is 12.8. The van der Waals surface area contributed by atoms with E-state index in [2.05, 4.69) is 10.3 Å². The molecule has 9 heteroatoms. The highest BCUT2D eigenvalue weighted by Crippen LogP contribution is 2.44. The van der Waals surface area contributed by atoms with Crippen molar-refractivity contribution in [3.8, 4) is 11.1 Å². The number of likely N-dealkylation sites (N-methyl/N-ethyl adjacent to an activating group) is 1. The minimum atomic E-state index is -1.25. The molecule has 0 saturated carbocycles. The van der Waals surface area contributed by atoms with E-state index in [-0.39, 0.29) is 19.1 Å². The third-order valence-corrected chi connectivity index (χ3v) is 6.21. The Morgan fingerprint density at radius 1 is 1.12 bits per heavy atom. The monoisotopic (exact) mass is 465 g/mol. The molecule has 0 saturated heterocycles. The highest BCUT2D eigenvalue weighted by molar-refractivity contribution is 7.07. The Bertz CT molecular complexity index is 1120. The van der Waals surface area contributed by atoms with Gasteiger partial charge < -0.3 is 20.1 Å². The molecule has 1 atom stereocenters. The molecular weight excluding hydrogens is 442 g/mol. The van der Waals surface area contributed by atoms with Gasteiger partial charge in [0.25, 0.3) is 0 Å². The molecular formula is C24H23N3O5S.